The van der Waals surface area contributed by atoms with Crippen LogP contribution in [0.1, 0.15) is 17.0 Å². The van der Waals surface area contributed by atoms with E-state index in [-0.39, 0.29) is 12.7 Å². The molecule has 1 saturated heterocycles. The molecule has 0 aliphatic carbocycles. The number of aromatic nitrogens is 1. The van der Waals surface area contributed by atoms with Crippen molar-refractivity contribution in [3.8, 4) is 17.2 Å². The highest BCUT2D eigenvalue weighted by molar-refractivity contribution is 5.84. The molecule has 1 amide bonds. The van der Waals surface area contributed by atoms with E-state index in [1.54, 1.807) is 6.21 Å². The first kappa shape index (κ1) is 18.5. The zero-order valence-electron chi connectivity index (χ0n) is 16.1. The second-order valence-electron chi connectivity index (χ2n) is 6.88. The largest absolute Gasteiger partial charge is 0.454 e. The fourth-order valence-corrected chi connectivity index (χ4v) is 3.51. The lowest BCUT2D eigenvalue weighted by Crippen LogP contribution is -2.42. The first-order chi connectivity index (χ1) is 13.6. The van der Waals surface area contributed by atoms with Crippen molar-refractivity contribution in [1.29, 1.82) is 0 Å². The van der Waals surface area contributed by atoms with Crippen molar-refractivity contribution >= 4 is 12.1 Å². The average Bonchev–Trinajstić information content (AvgIpc) is 3.26. The highest BCUT2D eigenvalue weighted by Gasteiger charge is 2.17. The molecular weight excluding hydrogens is 360 g/mol. The van der Waals surface area contributed by atoms with Gasteiger partial charge in [-0.05, 0) is 32.0 Å². The molecule has 2 aliphatic heterocycles. The summed E-state index contributed by atoms with van der Waals surface area (Å²) < 4.78 is 18.3. The number of morpholine rings is 1. The molecule has 1 aromatic heterocycles. The van der Waals surface area contributed by atoms with Crippen molar-refractivity contribution in [2.75, 3.05) is 39.6 Å². The predicted molar refractivity (Wildman–Crippen MR) is 104 cm³/mol. The first-order valence-corrected chi connectivity index (χ1v) is 9.33. The first-order valence-electron chi connectivity index (χ1n) is 9.33. The zero-order valence-corrected chi connectivity index (χ0v) is 16.1. The van der Waals surface area contributed by atoms with E-state index < -0.39 is 0 Å². The van der Waals surface area contributed by atoms with Gasteiger partial charge in [0.05, 0.1) is 26.0 Å². The molecule has 0 unspecified atom stereocenters. The molecule has 2 aromatic rings. The third kappa shape index (κ3) is 3.88. The summed E-state index contributed by atoms with van der Waals surface area (Å²) in [7, 11) is 0. The number of nitrogens with zero attached hydrogens (tertiary/aromatic N) is 3. The van der Waals surface area contributed by atoms with Crippen LogP contribution in [0.15, 0.2) is 29.4 Å². The Morgan fingerprint density at radius 1 is 1.18 bits per heavy atom. The van der Waals surface area contributed by atoms with Gasteiger partial charge in [-0.25, -0.2) is 5.43 Å². The Morgan fingerprint density at radius 2 is 1.96 bits per heavy atom. The van der Waals surface area contributed by atoms with Crippen LogP contribution >= 0.6 is 0 Å². The van der Waals surface area contributed by atoms with E-state index in [0.29, 0.717) is 19.8 Å². The average molecular weight is 384 g/mol. The Morgan fingerprint density at radius 3 is 2.79 bits per heavy atom. The standard InChI is InChI=1S/C20H24N4O4/c1-14-9-16(11-21-22-20(25)12-23-5-7-26-8-6-23)15(2)24(14)17-3-4-18-19(10-17)28-13-27-18/h3-4,9-11H,5-8,12-13H2,1-2H3,(H,22,25)/b21-11+. The number of carbonyl (C=O) groups excluding carboxylic acids is 1. The molecule has 1 N–H and O–H groups in total. The van der Waals surface area contributed by atoms with Crippen LogP contribution in [0.4, 0.5) is 0 Å². The number of rotatable bonds is 5. The quantitative estimate of drug-likeness (QED) is 0.626. The van der Waals surface area contributed by atoms with Gasteiger partial charge in [-0.2, -0.15) is 5.10 Å². The Kier molecular flexibility index (Phi) is 5.31. The van der Waals surface area contributed by atoms with Crippen molar-refractivity contribution in [3.05, 3.63) is 41.2 Å². The van der Waals surface area contributed by atoms with E-state index in [1.807, 2.05) is 38.1 Å². The van der Waals surface area contributed by atoms with Crippen molar-refractivity contribution in [3.63, 3.8) is 0 Å². The van der Waals surface area contributed by atoms with Crippen LogP contribution in [0.5, 0.6) is 11.5 Å². The fraction of sp³-hybridized carbons (Fsp3) is 0.400. The summed E-state index contributed by atoms with van der Waals surface area (Å²) in [6.45, 7) is 7.52. The number of benzene rings is 1. The molecule has 0 atom stereocenters. The van der Waals surface area contributed by atoms with E-state index >= 15 is 0 Å². The van der Waals surface area contributed by atoms with Crippen molar-refractivity contribution in [1.82, 2.24) is 14.9 Å². The number of aryl methyl sites for hydroxylation is 1. The van der Waals surface area contributed by atoms with Crippen LogP contribution in [0.25, 0.3) is 5.69 Å². The van der Waals surface area contributed by atoms with Gasteiger partial charge < -0.3 is 18.8 Å². The molecule has 1 aromatic carbocycles. The second-order valence-corrected chi connectivity index (χ2v) is 6.88. The van der Waals surface area contributed by atoms with Crippen LogP contribution < -0.4 is 14.9 Å². The lowest BCUT2D eigenvalue weighted by molar-refractivity contribution is -0.123. The summed E-state index contributed by atoms with van der Waals surface area (Å²) >= 11 is 0. The van der Waals surface area contributed by atoms with Crippen LogP contribution in [-0.2, 0) is 9.53 Å². The van der Waals surface area contributed by atoms with Gasteiger partial charge in [0.25, 0.3) is 5.91 Å². The molecule has 8 heteroatoms. The second kappa shape index (κ2) is 8.04. The van der Waals surface area contributed by atoms with Gasteiger partial charge in [-0.1, -0.05) is 0 Å². The summed E-state index contributed by atoms with van der Waals surface area (Å²) in [6, 6.07) is 7.92. The topological polar surface area (TPSA) is 77.3 Å². The number of fused-ring (bicyclic) bond motifs is 1. The highest BCUT2D eigenvalue weighted by atomic mass is 16.7. The van der Waals surface area contributed by atoms with Gasteiger partial charge in [-0.3, -0.25) is 9.69 Å². The summed E-state index contributed by atoms with van der Waals surface area (Å²) in [6.07, 6.45) is 1.68. The summed E-state index contributed by atoms with van der Waals surface area (Å²) in [5.74, 6) is 1.38. The van der Waals surface area contributed by atoms with Gasteiger partial charge in [0.1, 0.15) is 0 Å². The molecule has 0 radical (unpaired) electrons. The molecule has 8 nitrogen and oxygen atoms in total. The van der Waals surface area contributed by atoms with Crippen LogP contribution in [0.3, 0.4) is 0 Å². The van der Waals surface area contributed by atoms with Gasteiger partial charge in [0.15, 0.2) is 11.5 Å². The smallest absolute Gasteiger partial charge is 0.254 e. The number of hydrogen-bond acceptors (Lipinski definition) is 6. The molecule has 1 fully saturated rings. The molecule has 28 heavy (non-hydrogen) atoms. The Bertz CT molecular complexity index is 900. The van der Waals surface area contributed by atoms with E-state index in [9.17, 15) is 4.79 Å². The lowest BCUT2D eigenvalue weighted by Gasteiger charge is -2.25. The van der Waals surface area contributed by atoms with Crippen molar-refractivity contribution in [2.24, 2.45) is 5.10 Å². The Labute approximate surface area is 163 Å². The van der Waals surface area contributed by atoms with Gasteiger partial charge in [0.2, 0.25) is 6.79 Å². The van der Waals surface area contributed by atoms with Crippen LogP contribution in [-0.4, -0.2) is 61.2 Å². The minimum Gasteiger partial charge on any atom is -0.454 e. The SMILES string of the molecule is Cc1cc(/C=N/NC(=O)CN2CCOCC2)c(C)n1-c1ccc2c(c1)OCO2. The summed E-state index contributed by atoms with van der Waals surface area (Å²) in [4.78, 5) is 14.1. The number of nitrogens with one attached hydrogen (secondary N) is 1. The fourth-order valence-electron chi connectivity index (χ4n) is 3.51. The monoisotopic (exact) mass is 384 g/mol. The van der Waals surface area contributed by atoms with Crippen molar-refractivity contribution < 1.29 is 19.0 Å². The minimum atomic E-state index is -0.122. The van der Waals surface area contributed by atoms with E-state index in [4.69, 9.17) is 14.2 Å². The van der Waals surface area contributed by atoms with Gasteiger partial charge in [-0.15, -0.1) is 0 Å². The van der Waals surface area contributed by atoms with Crippen molar-refractivity contribution in [2.45, 2.75) is 13.8 Å². The molecule has 0 saturated carbocycles. The molecule has 4 rings (SSSR count). The van der Waals surface area contributed by atoms with Gasteiger partial charge >= 0.3 is 0 Å². The summed E-state index contributed by atoms with van der Waals surface area (Å²) in [5, 5.41) is 4.13. The molecule has 0 spiro atoms. The van der Waals surface area contributed by atoms with E-state index in [1.165, 1.54) is 0 Å². The lowest BCUT2D eigenvalue weighted by atomic mass is 10.2. The van der Waals surface area contributed by atoms with Crippen LogP contribution in [0, 0.1) is 13.8 Å². The molecule has 3 heterocycles. The zero-order chi connectivity index (χ0) is 19.5. The van der Waals surface area contributed by atoms with Gasteiger partial charge in [0, 0.05) is 41.8 Å². The minimum absolute atomic E-state index is 0.122. The van der Waals surface area contributed by atoms with E-state index in [0.717, 1.165) is 47.2 Å². The van der Waals surface area contributed by atoms with E-state index in [2.05, 4.69) is 20.0 Å². The molecule has 148 valence electrons. The molecule has 0 bridgehead atoms. The predicted octanol–water partition coefficient (Wildman–Crippen LogP) is 1.61. The third-order valence-corrected chi connectivity index (χ3v) is 4.95. The number of hydrazone groups is 1. The number of carbonyl (C=O) groups is 1. The van der Waals surface area contributed by atoms with Crippen LogP contribution in [0.2, 0.25) is 0 Å². The molecular formula is C20H24N4O4. The highest BCUT2D eigenvalue weighted by Crippen LogP contribution is 2.34. The maximum Gasteiger partial charge on any atom is 0.254 e. The molecule has 2 aliphatic rings. The Balaban J connectivity index is 1.43. The number of ether oxygens (including phenoxy) is 3. The summed E-state index contributed by atoms with van der Waals surface area (Å²) in [5.41, 5.74) is 6.65. The number of amides is 1. The third-order valence-electron chi connectivity index (χ3n) is 4.95. The number of hydrogen-bond donors (Lipinski definition) is 1. The normalized spacial score (nSPS) is 16.6. The Hall–Kier alpha value is -2.84. The maximum atomic E-state index is 12.1. The maximum absolute atomic E-state index is 12.1.